The molecular formula is C23H21F17O10. The second kappa shape index (κ2) is 14.3. The maximum Gasteiger partial charge on any atom is 0.460 e. The Bertz CT molecular complexity index is 1270. The fourth-order valence-corrected chi connectivity index (χ4v) is 3.87. The van der Waals surface area contributed by atoms with E-state index in [0.717, 1.165) is 0 Å². The van der Waals surface area contributed by atoms with Crippen LogP contribution in [0.5, 0.6) is 0 Å². The summed E-state index contributed by atoms with van der Waals surface area (Å²) in [5.41, 5.74) is 0. The number of methoxy groups -OCH3 is 1. The first-order valence-corrected chi connectivity index (χ1v) is 12.7. The number of carbonyl (C=O) groups excluding carboxylic acids is 4. The highest BCUT2D eigenvalue weighted by Gasteiger charge is 2.95. The number of hydrogen-bond donors (Lipinski definition) is 0. The van der Waals surface area contributed by atoms with E-state index < -0.39 is 115 Å². The lowest BCUT2D eigenvalue weighted by atomic mass is 9.88. The first-order chi connectivity index (χ1) is 22.1. The maximum absolute atomic E-state index is 14.4. The second-order valence-electron chi connectivity index (χ2n) is 9.94. The molecule has 1 aliphatic heterocycles. The second-order valence-corrected chi connectivity index (χ2v) is 9.94. The predicted octanol–water partition coefficient (Wildman–Crippen LogP) is 5.10. The molecule has 0 spiro atoms. The third kappa shape index (κ3) is 7.75. The molecule has 0 amide bonds. The van der Waals surface area contributed by atoms with E-state index in [1.807, 2.05) is 0 Å². The number of esters is 4. The van der Waals surface area contributed by atoms with Crippen LogP contribution >= 0.6 is 0 Å². The molecule has 0 aromatic carbocycles. The van der Waals surface area contributed by atoms with Crippen molar-refractivity contribution in [2.45, 2.75) is 106 Å². The van der Waals surface area contributed by atoms with Gasteiger partial charge in [0, 0.05) is 27.2 Å². The fourth-order valence-electron chi connectivity index (χ4n) is 3.87. The summed E-state index contributed by atoms with van der Waals surface area (Å²) in [5.74, 6) is -63.6. The summed E-state index contributed by atoms with van der Waals surface area (Å²) < 4.78 is 258. The minimum atomic E-state index is -8.82. The van der Waals surface area contributed by atoms with Gasteiger partial charge in [-0.2, -0.15) is 74.6 Å². The molecule has 0 unspecified atom stereocenters. The summed E-state index contributed by atoms with van der Waals surface area (Å²) in [6.07, 6.45) is -22.8. The minimum absolute atomic E-state index is 0.593. The van der Waals surface area contributed by atoms with Gasteiger partial charge in [0.2, 0.25) is 0 Å². The minimum Gasteiger partial charge on any atom is -0.467 e. The van der Waals surface area contributed by atoms with Crippen molar-refractivity contribution in [2.75, 3.05) is 13.7 Å². The van der Waals surface area contributed by atoms with Gasteiger partial charge in [0.05, 0.1) is 13.7 Å². The normalized spacial score (nSPS) is 23.2. The molecule has 0 radical (unpaired) electrons. The molecule has 1 aliphatic rings. The SMILES string of the molecule is COC(=O)[C@H]1O[C@@H](OCCC(F)(F)C(F)(F)C(F)(F)C(F)(F)C(F)(F)C(F)(F)C(F)(F)C(F)(F)F)[C@H](OC(C)=O)[C@@H](OC(C)=O)[C@@H]1OC(C)=O. The molecule has 0 aromatic rings. The lowest BCUT2D eigenvalue weighted by Gasteiger charge is -2.43. The van der Waals surface area contributed by atoms with Crippen molar-refractivity contribution in [3.05, 3.63) is 0 Å². The van der Waals surface area contributed by atoms with E-state index in [4.69, 9.17) is 18.9 Å². The summed E-state index contributed by atoms with van der Waals surface area (Å²) in [7, 11) is 0.646. The van der Waals surface area contributed by atoms with Crippen LogP contribution in [0, 0.1) is 0 Å². The summed E-state index contributed by atoms with van der Waals surface area (Å²) in [6.45, 7) is -0.320. The summed E-state index contributed by atoms with van der Waals surface area (Å²) >= 11 is 0. The van der Waals surface area contributed by atoms with E-state index in [1.165, 1.54) is 0 Å². The number of rotatable bonds is 14. The molecule has 50 heavy (non-hydrogen) atoms. The van der Waals surface area contributed by atoms with Crippen molar-refractivity contribution in [3.63, 3.8) is 0 Å². The molecule has 1 rings (SSSR count). The van der Waals surface area contributed by atoms with Crippen molar-refractivity contribution in [1.29, 1.82) is 0 Å². The predicted molar refractivity (Wildman–Crippen MR) is 119 cm³/mol. The zero-order valence-corrected chi connectivity index (χ0v) is 24.8. The third-order valence-electron chi connectivity index (χ3n) is 6.32. The Morgan fingerprint density at radius 2 is 0.900 bits per heavy atom. The van der Waals surface area contributed by atoms with E-state index in [-0.39, 0.29) is 0 Å². The highest BCUT2D eigenvalue weighted by molar-refractivity contribution is 5.77. The molecule has 10 nitrogen and oxygen atoms in total. The molecule has 0 aromatic heterocycles. The zero-order valence-electron chi connectivity index (χ0n) is 24.8. The fraction of sp³-hybridized carbons (Fsp3) is 0.826. The van der Waals surface area contributed by atoms with Gasteiger partial charge in [-0.1, -0.05) is 0 Å². The van der Waals surface area contributed by atoms with Crippen molar-refractivity contribution >= 4 is 23.9 Å². The molecule has 292 valence electrons. The van der Waals surface area contributed by atoms with Crippen molar-refractivity contribution < 1.29 is 122 Å². The lowest BCUT2D eigenvalue weighted by molar-refractivity contribution is -0.462. The third-order valence-corrected chi connectivity index (χ3v) is 6.32. The van der Waals surface area contributed by atoms with Crippen molar-refractivity contribution in [1.82, 2.24) is 0 Å². The van der Waals surface area contributed by atoms with Crippen LogP contribution in [0.15, 0.2) is 0 Å². The smallest absolute Gasteiger partial charge is 0.460 e. The molecule has 5 atom stereocenters. The van der Waals surface area contributed by atoms with Crippen LogP contribution in [0.2, 0.25) is 0 Å². The van der Waals surface area contributed by atoms with Crippen LogP contribution in [0.25, 0.3) is 0 Å². The first-order valence-electron chi connectivity index (χ1n) is 12.7. The van der Waals surface area contributed by atoms with Crippen LogP contribution in [0.1, 0.15) is 27.2 Å². The molecule has 0 aliphatic carbocycles. The van der Waals surface area contributed by atoms with E-state index in [0.29, 0.717) is 27.9 Å². The molecule has 1 saturated heterocycles. The Hall–Kier alpha value is -3.39. The molecular weight excluding hydrogens is 759 g/mol. The van der Waals surface area contributed by atoms with E-state index in [9.17, 15) is 93.8 Å². The van der Waals surface area contributed by atoms with Gasteiger partial charge in [0.1, 0.15) is 0 Å². The van der Waals surface area contributed by atoms with Gasteiger partial charge in [-0.15, -0.1) is 0 Å². The zero-order chi connectivity index (χ0) is 39.9. The van der Waals surface area contributed by atoms with E-state index in [2.05, 4.69) is 9.47 Å². The van der Waals surface area contributed by atoms with Gasteiger partial charge >= 0.3 is 71.5 Å². The number of alkyl halides is 17. The van der Waals surface area contributed by atoms with Crippen LogP contribution < -0.4 is 0 Å². The van der Waals surface area contributed by atoms with Crippen LogP contribution in [-0.2, 0) is 47.6 Å². The molecule has 0 bridgehead atoms. The standard InChI is InChI=1S/C23H21F17O10/c1-7(41)47-10-11(48-8(2)42)13(49-9(3)43)15(50-12(10)14(44)45-4)46-6-5-16(24,25)17(26,27)18(28,29)19(30,31)20(32,33)21(34,35)22(36,37)23(38,39)40/h10-13,15H,5-6H2,1-4H3/t10-,11-,12-,13+,15+/m0/s1. The van der Waals surface area contributed by atoms with E-state index in [1.54, 1.807) is 0 Å². The van der Waals surface area contributed by atoms with Gasteiger partial charge in [-0.25, -0.2) is 4.79 Å². The maximum atomic E-state index is 14.4. The number of halogens is 17. The topological polar surface area (TPSA) is 124 Å². The summed E-state index contributed by atoms with van der Waals surface area (Å²) in [4.78, 5) is 47.2. The summed E-state index contributed by atoms with van der Waals surface area (Å²) in [5, 5.41) is 0. The molecule has 0 N–H and O–H groups in total. The van der Waals surface area contributed by atoms with Crippen molar-refractivity contribution in [3.8, 4) is 0 Å². The largest absolute Gasteiger partial charge is 0.467 e. The summed E-state index contributed by atoms with van der Waals surface area (Å²) in [6, 6.07) is 0. The highest BCUT2D eigenvalue weighted by Crippen LogP contribution is 2.64. The monoisotopic (exact) mass is 780 g/mol. The van der Waals surface area contributed by atoms with Gasteiger partial charge in [-0.3, -0.25) is 14.4 Å². The van der Waals surface area contributed by atoms with Crippen LogP contribution in [0.3, 0.4) is 0 Å². The quantitative estimate of drug-likeness (QED) is 0.134. The number of ether oxygens (including phenoxy) is 6. The van der Waals surface area contributed by atoms with Gasteiger partial charge in [-0.05, 0) is 0 Å². The van der Waals surface area contributed by atoms with Crippen molar-refractivity contribution in [2.24, 2.45) is 0 Å². The van der Waals surface area contributed by atoms with Gasteiger partial charge < -0.3 is 28.4 Å². The molecule has 1 heterocycles. The highest BCUT2D eigenvalue weighted by atomic mass is 19.4. The average molecular weight is 780 g/mol. The molecule has 0 saturated carbocycles. The average Bonchev–Trinajstić information content (AvgIpc) is 2.93. The Balaban J connectivity index is 3.54. The Morgan fingerprint density at radius 3 is 1.28 bits per heavy atom. The van der Waals surface area contributed by atoms with Crippen LogP contribution in [-0.4, -0.2) is 116 Å². The Kier molecular flexibility index (Phi) is 12.8. The van der Waals surface area contributed by atoms with E-state index >= 15 is 0 Å². The Morgan fingerprint density at radius 1 is 0.540 bits per heavy atom. The Labute approximate surface area is 266 Å². The van der Waals surface area contributed by atoms with Gasteiger partial charge in [0.15, 0.2) is 30.7 Å². The lowest BCUT2D eigenvalue weighted by Crippen LogP contribution is -2.74. The number of carbonyl (C=O) groups is 4. The molecule has 1 fully saturated rings. The number of hydrogen-bond acceptors (Lipinski definition) is 10. The first kappa shape index (κ1) is 44.6. The van der Waals surface area contributed by atoms with Crippen LogP contribution in [0.4, 0.5) is 74.6 Å². The van der Waals surface area contributed by atoms with Gasteiger partial charge in [0.25, 0.3) is 0 Å². The molecule has 27 heteroatoms.